The molecule has 0 aliphatic rings. The van der Waals surface area contributed by atoms with Crippen molar-refractivity contribution >= 4 is 22.6 Å². The molecule has 0 fully saturated rings. The maximum atomic E-state index is 12.6. The summed E-state index contributed by atoms with van der Waals surface area (Å²) in [6.45, 7) is 4.08. The molecular weight excluding hydrogens is 392 g/mol. The van der Waals surface area contributed by atoms with Crippen LogP contribution >= 0.6 is 0 Å². The molecule has 0 bridgehead atoms. The van der Waals surface area contributed by atoms with Gasteiger partial charge in [0.2, 0.25) is 0 Å². The number of carbonyl (C=O) groups is 1. The van der Waals surface area contributed by atoms with Crippen LogP contribution in [0.1, 0.15) is 30.6 Å². The zero-order valence-corrected chi connectivity index (χ0v) is 17.7. The topological polar surface area (TPSA) is 78.3 Å². The van der Waals surface area contributed by atoms with E-state index in [0.29, 0.717) is 16.8 Å². The van der Waals surface area contributed by atoms with Crippen molar-refractivity contribution in [3.63, 3.8) is 0 Å². The summed E-state index contributed by atoms with van der Waals surface area (Å²) in [5.74, 6) is 1.32. The van der Waals surface area contributed by atoms with Crippen molar-refractivity contribution in [2.24, 2.45) is 0 Å². The molecule has 0 aliphatic heterocycles. The van der Waals surface area contributed by atoms with Gasteiger partial charge >= 0.3 is 0 Å². The van der Waals surface area contributed by atoms with Gasteiger partial charge in [-0.15, -0.1) is 10.2 Å². The lowest BCUT2D eigenvalue weighted by Crippen LogP contribution is -2.12. The van der Waals surface area contributed by atoms with Crippen molar-refractivity contribution < 1.29 is 14.3 Å². The molecule has 4 rings (SSSR count). The van der Waals surface area contributed by atoms with Gasteiger partial charge in [-0.3, -0.25) is 4.79 Å². The second-order valence-corrected chi connectivity index (χ2v) is 7.21. The second kappa shape index (κ2) is 8.87. The minimum atomic E-state index is -0.197. The molecule has 158 valence electrons. The summed E-state index contributed by atoms with van der Waals surface area (Å²) in [4.78, 5) is 14.2. The molecule has 4 aromatic rings. The van der Waals surface area contributed by atoms with Crippen LogP contribution in [0.25, 0.3) is 16.7 Å². The maximum absolute atomic E-state index is 12.6. The van der Waals surface area contributed by atoms with E-state index in [-0.39, 0.29) is 12.0 Å². The van der Waals surface area contributed by atoms with E-state index in [0.717, 1.165) is 29.1 Å². The third-order valence-electron chi connectivity index (χ3n) is 4.97. The molecule has 1 amide bonds. The van der Waals surface area contributed by atoms with Gasteiger partial charge in [-0.05, 0) is 80.1 Å². The average molecular weight is 416 g/mol. The highest BCUT2D eigenvalue weighted by atomic mass is 16.5. The smallest absolute Gasteiger partial charge is 0.255 e. The van der Waals surface area contributed by atoms with Crippen molar-refractivity contribution in [3.8, 4) is 17.2 Å². The number of hydrogen-bond acceptors (Lipinski definition) is 5. The molecule has 0 unspecified atom stereocenters. The third-order valence-corrected chi connectivity index (χ3v) is 4.97. The molecule has 7 heteroatoms. The Labute approximate surface area is 180 Å². The van der Waals surface area contributed by atoms with E-state index in [2.05, 4.69) is 22.4 Å². The highest BCUT2D eigenvalue weighted by Crippen LogP contribution is 2.20. The van der Waals surface area contributed by atoms with E-state index in [9.17, 15) is 4.79 Å². The zero-order chi connectivity index (χ0) is 21.8. The number of hydrogen-bond donors (Lipinski definition) is 1. The second-order valence-electron chi connectivity index (χ2n) is 7.21. The van der Waals surface area contributed by atoms with Crippen LogP contribution in [-0.4, -0.2) is 34.1 Å². The van der Waals surface area contributed by atoms with E-state index in [1.165, 1.54) is 0 Å². The molecule has 1 atom stereocenters. The minimum absolute atomic E-state index is 0.137. The Morgan fingerprint density at radius 2 is 1.65 bits per heavy atom. The molecule has 7 nitrogen and oxygen atoms in total. The minimum Gasteiger partial charge on any atom is -0.497 e. The Hall–Kier alpha value is -3.87. The predicted octanol–water partition coefficient (Wildman–Crippen LogP) is 4.86. The first-order valence-corrected chi connectivity index (χ1v) is 10.2. The van der Waals surface area contributed by atoms with E-state index >= 15 is 0 Å². The van der Waals surface area contributed by atoms with Crippen LogP contribution < -0.4 is 14.8 Å². The number of amides is 1. The SMILES string of the molecule is CC[C@H](C)Oc1ccc(C(=O)Nc2ccc3nn(-c4ccc(OC)cc4)nc3c2)cc1. The quantitative estimate of drug-likeness (QED) is 0.466. The van der Waals surface area contributed by atoms with Crippen molar-refractivity contribution in [3.05, 3.63) is 72.3 Å². The molecule has 1 aromatic heterocycles. The first-order valence-electron chi connectivity index (χ1n) is 10.2. The van der Waals surface area contributed by atoms with Crippen LogP contribution in [-0.2, 0) is 0 Å². The summed E-state index contributed by atoms with van der Waals surface area (Å²) in [5, 5.41) is 11.9. The van der Waals surface area contributed by atoms with E-state index in [1.807, 2.05) is 55.5 Å². The van der Waals surface area contributed by atoms with Gasteiger partial charge in [-0.2, -0.15) is 4.80 Å². The Morgan fingerprint density at radius 1 is 0.968 bits per heavy atom. The van der Waals surface area contributed by atoms with E-state index in [4.69, 9.17) is 9.47 Å². The van der Waals surface area contributed by atoms with E-state index in [1.54, 1.807) is 30.1 Å². The number of nitrogens with zero attached hydrogens (tertiary/aromatic N) is 3. The number of nitrogens with one attached hydrogen (secondary N) is 1. The van der Waals surface area contributed by atoms with Crippen molar-refractivity contribution in [2.45, 2.75) is 26.4 Å². The first kappa shape index (κ1) is 20.4. The number of benzene rings is 3. The summed E-state index contributed by atoms with van der Waals surface area (Å²) < 4.78 is 10.9. The molecule has 0 spiro atoms. The van der Waals surface area contributed by atoms with Crippen LogP contribution in [0.4, 0.5) is 5.69 Å². The fraction of sp³-hybridized carbons (Fsp3) is 0.208. The van der Waals surface area contributed by atoms with Crippen molar-refractivity contribution in [1.29, 1.82) is 0 Å². The third kappa shape index (κ3) is 4.66. The number of rotatable bonds is 7. The number of carbonyl (C=O) groups excluding carboxylic acids is 1. The standard InChI is InChI=1S/C24H24N4O3/c1-4-16(2)31-21-10-5-17(6-11-21)24(29)25-18-7-14-22-23(15-18)27-28(26-22)19-8-12-20(30-3)13-9-19/h5-16H,4H2,1-3H3,(H,25,29)/t16-/m0/s1. The summed E-state index contributed by atoms with van der Waals surface area (Å²) in [5.41, 5.74) is 3.45. The van der Waals surface area contributed by atoms with Crippen LogP contribution in [0.2, 0.25) is 0 Å². The fourth-order valence-electron chi connectivity index (χ4n) is 3.03. The number of anilines is 1. The van der Waals surface area contributed by atoms with Gasteiger partial charge in [-0.1, -0.05) is 6.92 Å². The molecular formula is C24H24N4O3. The van der Waals surface area contributed by atoms with Crippen molar-refractivity contribution in [1.82, 2.24) is 15.0 Å². The van der Waals surface area contributed by atoms with Gasteiger partial charge in [-0.25, -0.2) is 0 Å². The van der Waals surface area contributed by atoms with Gasteiger partial charge in [0.1, 0.15) is 22.5 Å². The molecule has 0 aliphatic carbocycles. The van der Waals surface area contributed by atoms with Crippen LogP contribution in [0, 0.1) is 0 Å². The van der Waals surface area contributed by atoms with Crippen LogP contribution in [0.15, 0.2) is 66.7 Å². The predicted molar refractivity (Wildman–Crippen MR) is 120 cm³/mol. The van der Waals surface area contributed by atoms with Crippen LogP contribution in [0.3, 0.4) is 0 Å². The Kier molecular flexibility index (Phi) is 5.84. The van der Waals surface area contributed by atoms with Crippen LogP contribution in [0.5, 0.6) is 11.5 Å². The fourth-order valence-corrected chi connectivity index (χ4v) is 3.03. The number of methoxy groups -OCH3 is 1. The van der Waals surface area contributed by atoms with Gasteiger partial charge in [0.25, 0.3) is 5.91 Å². The Morgan fingerprint density at radius 3 is 2.32 bits per heavy atom. The molecule has 31 heavy (non-hydrogen) atoms. The number of fused-ring (bicyclic) bond motifs is 1. The number of aromatic nitrogens is 3. The lowest BCUT2D eigenvalue weighted by Gasteiger charge is -2.12. The molecule has 0 saturated carbocycles. The van der Waals surface area contributed by atoms with Crippen molar-refractivity contribution in [2.75, 3.05) is 12.4 Å². The molecule has 0 saturated heterocycles. The first-order chi connectivity index (χ1) is 15.1. The monoisotopic (exact) mass is 416 g/mol. The highest BCUT2D eigenvalue weighted by Gasteiger charge is 2.10. The zero-order valence-electron chi connectivity index (χ0n) is 17.7. The average Bonchev–Trinajstić information content (AvgIpc) is 3.23. The Balaban J connectivity index is 1.48. The lowest BCUT2D eigenvalue weighted by atomic mass is 10.2. The molecule has 1 N–H and O–H groups in total. The number of ether oxygens (including phenoxy) is 2. The molecule has 0 radical (unpaired) electrons. The highest BCUT2D eigenvalue weighted by molar-refractivity contribution is 6.05. The van der Waals surface area contributed by atoms with Gasteiger partial charge < -0.3 is 14.8 Å². The van der Waals surface area contributed by atoms with E-state index < -0.39 is 0 Å². The summed E-state index contributed by atoms with van der Waals surface area (Å²) in [6.07, 6.45) is 1.06. The lowest BCUT2D eigenvalue weighted by molar-refractivity contribution is 0.102. The Bertz CT molecular complexity index is 1180. The van der Waals surface area contributed by atoms with Gasteiger partial charge in [0.05, 0.1) is 18.9 Å². The maximum Gasteiger partial charge on any atom is 0.255 e. The summed E-state index contributed by atoms with van der Waals surface area (Å²) in [6, 6.07) is 20.1. The largest absolute Gasteiger partial charge is 0.497 e. The molecule has 3 aromatic carbocycles. The molecule has 1 heterocycles. The van der Waals surface area contributed by atoms with Gasteiger partial charge in [0.15, 0.2) is 0 Å². The van der Waals surface area contributed by atoms with Gasteiger partial charge in [0, 0.05) is 11.3 Å². The normalized spacial score (nSPS) is 11.8. The summed E-state index contributed by atoms with van der Waals surface area (Å²) in [7, 11) is 1.63. The summed E-state index contributed by atoms with van der Waals surface area (Å²) >= 11 is 0.